The van der Waals surface area contributed by atoms with Crippen molar-refractivity contribution < 1.29 is 19.7 Å². The number of carbonyl (C=O) groups is 1. The first-order valence-corrected chi connectivity index (χ1v) is 9.59. The number of aliphatic hydroxyl groups is 2. The van der Waals surface area contributed by atoms with E-state index >= 15 is 0 Å². The lowest BCUT2D eigenvalue weighted by Crippen LogP contribution is -2.38. The Hall–Kier alpha value is -2.64. The summed E-state index contributed by atoms with van der Waals surface area (Å²) in [6, 6.07) is 10.5. The Bertz CT molecular complexity index is 830. The predicted molar refractivity (Wildman–Crippen MR) is 104 cm³/mol. The largest absolute Gasteiger partial charge is 0.491 e. The number of amides is 1. The van der Waals surface area contributed by atoms with E-state index < -0.39 is 12.2 Å². The highest BCUT2D eigenvalue weighted by Crippen LogP contribution is 2.21. The molecule has 0 bridgehead atoms. The Kier molecular flexibility index (Phi) is 6.84. The molecule has 2 atom stereocenters. The van der Waals surface area contributed by atoms with Gasteiger partial charge in [-0.05, 0) is 43.4 Å². The van der Waals surface area contributed by atoms with E-state index in [1.807, 2.05) is 24.3 Å². The Balaban J connectivity index is 1.75. The van der Waals surface area contributed by atoms with E-state index in [2.05, 4.69) is 4.98 Å². The van der Waals surface area contributed by atoms with E-state index in [0.717, 1.165) is 24.8 Å². The summed E-state index contributed by atoms with van der Waals surface area (Å²) >= 11 is 0. The first kappa shape index (κ1) is 20.1. The molecule has 3 rings (SSSR count). The molecule has 2 heterocycles. The number of hydrogen-bond donors (Lipinski definition) is 3. The van der Waals surface area contributed by atoms with Gasteiger partial charge in [0.2, 0.25) is 5.56 Å². The molecule has 7 heteroatoms. The summed E-state index contributed by atoms with van der Waals surface area (Å²) < 4.78 is 5.71. The van der Waals surface area contributed by atoms with E-state index in [9.17, 15) is 19.8 Å². The zero-order valence-electron chi connectivity index (χ0n) is 15.7. The van der Waals surface area contributed by atoms with Crippen molar-refractivity contribution in [3.63, 3.8) is 0 Å². The molecule has 1 amide bonds. The van der Waals surface area contributed by atoms with E-state index in [0.29, 0.717) is 24.4 Å². The van der Waals surface area contributed by atoms with Crippen molar-refractivity contribution in [2.75, 3.05) is 19.7 Å². The number of para-hydroxylation sites is 1. The SMILES string of the molecule is O=C(c1ccc(=O)[nH]c1)N1CCCCc2ccccc2OC[C@@H](O)[C@@H](O)CC1. The fraction of sp³-hybridized carbons (Fsp3) is 0.429. The van der Waals surface area contributed by atoms with Crippen LogP contribution in [0, 0.1) is 0 Å². The molecule has 1 aromatic carbocycles. The molecule has 0 unspecified atom stereocenters. The minimum absolute atomic E-state index is 0.00789. The summed E-state index contributed by atoms with van der Waals surface area (Å²) in [5.74, 6) is 0.513. The molecular formula is C21H26N2O5. The minimum Gasteiger partial charge on any atom is -0.491 e. The molecule has 150 valence electrons. The summed E-state index contributed by atoms with van der Waals surface area (Å²) in [6.07, 6.45) is 2.07. The number of nitrogens with one attached hydrogen (secondary N) is 1. The molecular weight excluding hydrogens is 360 g/mol. The highest BCUT2D eigenvalue weighted by Gasteiger charge is 2.22. The molecule has 7 nitrogen and oxygen atoms in total. The number of aromatic amines is 1. The maximum absolute atomic E-state index is 12.8. The van der Waals surface area contributed by atoms with Crippen LogP contribution in [-0.2, 0) is 6.42 Å². The van der Waals surface area contributed by atoms with Crippen LogP contribution >= 0.6 is 0 Å². The fourth-order valence-corrected chi connectivity index (χ4v) is 3.28. The topological polar surface area (TPSA) is 103 Å². The summed E-state index contributed by atoms with van der Waals surface area (Å²) in [5, 5.41) is 20.5. The van der Waals surface area contributed by atoms with Gasteiger partial charge in [-0.15, -0.1) is 0 Å². The number of aliphatic hydroxyl groups excluding tert-OH is 2. The van der Waals surface area contributed by atoms with Gasteiger partial charge in [-0.2, -0.15) is 0 Å². The first-order chi connectivity index (χ1) is 13.5. The second-order valence-corrected chi connectivity index (χ2v) is 7.03. The Labute approximate surface area is 163 Å². The first-order valence-electron chi connectivity index (χ1n) is 9.59. The second-order valence-electron chi connectivity index (χ2n) is 7.03. The van der Waals surface area contributed by atoms with Gasteiger partial charge in [-0.25, -0.2) is 0 Å². The lowest BCUT2D eigenvalue weighted by Gasteiger charge is -2.25. The van der Waals surface area contributed by atoms with Crippen molar-refractivity contribution >= 4 is 5.91 Å². The number of hydrogen-bond acceptors (Lipinski definition) is 5. The van der Waals surface area contributed by atoms with Crippen LogP contribution < -0.4 is 10.3 Å². The van der Waals surface area contributed by atoms with Gasteiger partial charge in [-0.1, -0.05) is 18.2 Å². The van der Waals surface area contributed by atoms with Crippen LogP contribution in [0.25, 0.3) is 0 Å². The fourth-order valence-electron chi connectivity index (χ4n) is 3.28. The van der Waals surface area contributed by atoms with Crippen molar-refractivity contribution in [2.24, 2.45) is 0 Å². The molecule has 0 radical (unpaired) electrons. The zero-order chi connectivity index (χ0) is 19.9. The molecule has 0 saturated carbocycles. The number of H-pyrrole nitrogens is 1. The molecule has 1 aliphatic heterocycles. The van der Waals surface area contributed by atoms with E-state index in [-0.39, 0.29) is 24.5 Å². The van der Waals surface area contributed by atoms with E-state index in [1.165, 1.54) is 18.3 Å². The summed E-state index contributed by atoms with van der Waals surface area (Å²) in [4.78, 5) is 28.2. The highest BCUT2D eigenvalue weighted by atomic mass is 16.5. The van der Waals surface area contributed by atoms with Gasteiger partial charge in [0.05, 0.1) is 11.7 Å². The van der Waals surface area contributed by atoms with Gasteiger partial charge in [0.1, 0.15) is 18.5 Å². The third-order valence-electron chi connectivity index (χ3n) is 4.96. The molecule has 2 aromatic rings. The number of pyridine rings is 1. The van der Waals surface area contributed by atoms with Gasteiger partial charge in [0, 0.05) is 25.4 Å². The average Bonchev–Trinajstić information content (AvgIpc) is 2.72. The number of benzene rings is 1. The van der Waals surface area contributed by atoms with Gasteiger partial charge >= 0.3 is 0 Å². The van der Waals surface area contributed by atoms with Crippen molar-refractivity contribution in [3.8, 4) is 5.75 Å². The highest BCUT2D eigenvalue weighted by molar-refractivity contribution is 5.93. The second kappa shape index (κ2) is 9.52. The summed E-state index contributed by atoms with van der Waals surface area (Å²) in [7, 11) is 0. The van der Waals surface area contributed by atoms with Crippen LogP contribution in [0.3, 0.4) is 0 Å². The molecule has 3 N–H and O–H groups in total. The van der Waals surface area contributed by atoms with Crippen molar-refractivity contribution in [2.45, 2.75) is 37.9 Å². The molecule has 1 aliphatic rings. The lowest BCUT2D eigenvalue weighted by molar-refractivity contribution is -0.0150. The molecule has 0 aliphatic carbocycles. The number of rotatable bonds is 1. The minimum atomic E-state index is -1.04. The maximum atomic E-state index is 12.8. The maximum Gasteiger partial charge on any atom is 0.255 e. The van der Waals surface area contributed by atoms with Crippen LogP contribution in [0.1, 0.15) is 35.2 Å². The molecule has 0 saturated heterocycles. The molecule has 0 spiro atoms. The van der Waals surface area contributed by atoms with E-state index in [4.69, 9.17) is 4.74 Å². The Morgan fingerprint density at radius 3 is 2.68 bits per heavy atom. The zero-order valence-corrected chi connectivity index (χ0v) is 15.7. The quantitative estimate of drug-likeness (QED) is 0.686. The average molecular weight is 386 g/mol. The molecule has 1 aromatic heterocycles. The number of ether oxygens (including phenoxy) is 1. The normalized spacial score (nSPS) is 21.4. The standard InChI is InChI=1S/C21H26N2O5/c24-17-10-12-23(21(27)16-8-9-20(26)22-13-16)11-4-3-6-15-5-1-2-7-19(15)28-14-18(17)25/h1-2,5,7-9,13,17-18,24-25H,3-4,6,10-12,14H2,(H,22,26)/t17-,18+/m0/s1. The van der Waals surface area contributed by atoms with Crippen molar-refractivity contribution in [1.29, 1.82) is 0 Å². The van der Waals surface area contributed by atoms with Crippen molar-refractivity contribution in [1.82, 2.24) is 9.88 Å². The van der Waals surface area contributed by atoms with Crippen LogP contribution in [0.15, 0.2) is 47.4 Å². The summed E-state index contributed by atoms with van der Waals surface area (Å²) in [5.41, 5.74) is 1.17. The van der Waals surface area contributed by atoms with Crippen molar-refractivity contribution in [3.05, 3.63) is 64.1 Å². The van der Waals surface area contributed by atoms with E-state index in [1.54, 1.807) is 4.90 Å². The summed E-state index contributed by atoms with van der Waals surface area (Å²) in [6.45, 7) is 0.832. The lowest BCUT2D eigenvalue weighted by atomic mass is 10.1. The predicted octanol–water partition coefficient (Wildman–Crippen LogP) is 1.34. The van der Waals surface area contributed by atoms with Crippen LogP contribution in [0.4, 0.5) is 0 Å². The van der Waals surface area contributed by atoms with Crippen LogP contribution in [0.2, 0.25) is 0 Å². The Morgan fingerprint density at radius 1 is 1.07 bits per heavy atom. The number of fused-ring (bicyclic) bond motifs is 1. The van der Waals surface area contributed by atoms with Crippen LogP contribution in [-0.4, -0.2) is 57.9 Å². The monoisotopic (exact) mass is 386 g/mol. The third kappa shape index (κ3) is 5.21. The number of carbonyl (C=O) groups excluding carboxylic acids is 1. The van der Waals surface area contributed by atoms with Gasteiger partial charge in [-0.3, -0.25) is 9.59 Å². The number of nitrogens with zero attached hydrogens (tertiary/aromatic N) is 1. The Morgan fingerprint density at radius 2 is 1.89 bits per heavy atom. The van der Waals surface area contributed by atoms with Gasteiger partial charge in [0.15, 0.2) is 0 Å². The molecule has 0 fully saturated rings. The molecule has 28 heavy (non-hydrogen) atoms. The van der Waals surface area contributed by atoms with Gasteiger partial charge < -0.3 is 24.8 Å². The van der Waals surface area contributed by atoms with Gasteiger partial charge in [0.25, 0.3) is 5.91 Å². The van der Waals surface area contributed by atoms with Crippen LogP contribution in [0.5, 0.6) is 5.75 Å². The third-order valence-corrected chi connectivity index (χ3v) is 4.96. The smallest absolute Gasteiger partial charge is 0.255 e. The number of aromatic nitrogens is 1. The number of aryl methyl sites for hydroxylation is 1.